The van der Waals surface area contributed by atoms with E-state index in [-0.39, 0.29) is 0 Å². The summed E-state index contributed by atoms with van der Waals surface area (Å²) < 4.78 is 0. The van der Waals surface area contributed by atoms with Gasteiger partial charge in [0.1, 0.15) is 0 Å². The summed E-state index contributed by atoms with van der Waals surface area (Å²) in [5, 5.41) is 4.62. The number of nitrogens with one attached hydrogen (secondary N) is 1. The fourth-order valence-electron chi connectivity index (χ4n) is 3.21. The molecule has 0 radical (unpaired) electrons. The Hall–Kier alpha value is -0.530. The first kappa shape index (κ1) is 14.9. The van der Waals surface area contributed by atoms with Gasteiger partial charge in [-0.1, -0.05) is 50.4 Å². The van der Waals surface area contributed by atoms with Gasteiger partial charge >= 0.3 is 0 Å². The number of hydrogen-bond donors (Lipinski definition) is 1. The molecule has 0 bridgehead atoms. The third-order valence-electron chi connectivity index (χ3n) is 4.49. The second-order valence-electron chi connectivity index (χ2n) is 6.31. The molecule has 1 aromatic rings. The maximum absolute atomic E-state index is 6.07. The van der Waals surface area contributed by atoms with Gasteiger partial charge in [0.15, 0.2) is 0 Å². The topological polar surface area (TPSA) is 12.0 Å². The van der Waals surface area contributed by atoms with Crippen molar-refractivity contribution in [1.29, 1.82) is 0 Å². The Morgan fingerprint density at radius 1 is 1.21 bits per heavy atom. The monoisotopic (exact) mass is 279 g/mol. The van der Waals surface area contributed by atoms with Crippen LogP contribution in [0.5, 0.6) is 0 Å². The number of halogens is 1. The van der Waals surface area contributed by atoms with Crippen molar-refractivity contribution in [2.24, 2.45) is 11.8 Å². The van der Waals surface area contributed by atoms with Crippen molar-refractivity contribution in [2.45, 2.75) is 58.5 Å². The summed E-state index contributed by atoms with van der Waals surface area (Å²) >= 11 is 6.07. The molecule has 2 heteroatoms. The average molecular weight is 280 g/mol. The molecular weight excluding hydrogens is 254 g/mol. The van der Waals surface area contributed by atoms with Crippen LogP contribution in [0.25, 0.3) is 0 Å². The maximum Gasteiger partial charge on any atom is 0.0409 e. The predicted octanol–water partition coefficient (Wildman–Crippen LogP) is 5.21. The van der Waals surface area contributed by atoms with Crippen LogP contribution in [-0.2, 0) is 0 Å². The van der Waals surface area contributed by atoms with E-state index in [4.69, 9.17) is 11.6 Å². The van der Waals surface area contributed by atoms with Gasteiger partial charge in [-0.3, -0.25) is 0 Å². The highest BCUT2D eigenvalue weighted by molar-refractivity contribution is 6.30. The second kappa shape index (κ2) is 6.76. The molecule has 0 amide bonds. The smallest absolute Gasteiger partial charge is 0.0409 e. The molecule has 106 valence electrons. The zero-order chi connectivity index (χ0) is 13.8. The van der Waals surface area contributed by atoms with Crippen molar-refractivity contribution in [3.63, 3.8) is 0 Å². The second-order valence-corrected chi connectivity index (χ2v) is 6.75. The van der Waals surface area contributed by atoms with E-state index in [9.17, 15) is 0 Å². The maximum atomic E-state index is 6.07. The summed E-state index contributed by atoms with van der Waals surface area (Å²) in [7, 11) is 0. The number of rotatable bonds is 4. The van der Waals surface area contributed by atoms with Crippen molar-refractivity contribution >= 4 is 11.6 Å². The van der Waals surface area contributed by atoms with Crippen LogP contribution in [0.15, 0.2) is 24.3 Å². The van der Waals surface area contributed by atoms with Gasteiger partial charge in [0.25, 0.3) is 0 Å². The molecule has 3 atom stereocenters. The standard InChI is InChI=1S/C17H26ClN/c1-12(2)14-6-5-9-17(11-14)19-13(3)15-7-4-8-16(18)10-15/h4,7-8,10,12-14,17,19H,5-6,9,11H2,1-3H3. The van der Waals surface area contributed by atoms with Crippen LogP contribution in [0.3, 0.4) is 0 Å². The molecule has 1 saturated carbocycles. The third-order valence-corrected chi connectivity index (χ3v) is 4.73. The molecule has 0 spiro atoms. The first-order chi connectivity index (χ1) is 9.06. The summed E-state index contributed by atoms with van der Waals surface area (Å²) in [5.74, 6) is 1.70. The van der Waals surface area contributed by atoms with E-state index in [0.717, 1.165) is 16.9 Å². The molecule has 0 saturated heterocycles. The van der Waals surface area contributed by atoms with E-state index in [1.54, 1.807) is 0 Å². The van der Waals surface area contributed by atoms with Crippen LogP contribution in [0.2, 0.25) is 5.02 Å². The largest absolute Gasteiger partial charge is 0.307 e. The lowest BCUT2D eigenvalue weighted by Gasteiger charge is -2.34. The SMILES string of the molecule is CC(NC1CCCC(C(C)C)C1)c1cccc(Cl)c1. The van der Waals surface area contributed by atoms with Crippen LogP contribution in [0, 0.1) is 11.8 Å². The Morgan fingerprint density at radius 2 is 2.00 bits per heavy atom. The van der Waals surface area contributed by atoms with E-state index >= 15 is 0 Å². The third kappa shape index (κ3) is 4.22. The first-order valence-electron chi connectivity index (χ1n) is 7.57. The molecular formula is C17H26ClN. The molecule has 0 heterocycles. The van der Waals surface area contributed by atoms with Crippen LogP contribution in [0.1, 0.15) is 58.1 Å². The van der Waals surface area contributed by atoms with Gasteiger partial charge in [0.2, 0.25) is 0 Å². The first-order valence-corrected chi connectivity index (χ1v) is 7.95. The molecule has 1 fully saturated rings. The Kier molecular flexibility index (Phi) is 5.29. The molecule has 1 nitrogen and oxygen atoms in total. The lowest BCUT2D eigenvalue weighted by molar-refractivity contribution is 0.223. The van der Waals surface area contributed by atoms with Gasteiger partial charge < -0.3 is 5.32 Å². The highest BCUT2D eigenvalue weighted by Crippen LogP contribution is 2.31. The summed E-state index contributed by atoms with van der Waals surface area (Å²) in [5.41, 5.74) is 1.29. The lowest BCUT2D eigenvalue weighted by atomic mass is 9.79. The molecule has 1 aliphatic rings. The zero-order valence-corrected chi connectivity index (χ0v) is 13.1. The highest BCUT2D eigenvalue weighted by atomic mass is 35.5. The van der Waals surface area contributed by atoms with E-state index in [2.05, 4.69) is 38.2 Å². The molecule has 1 aliphatic carbocycles. The van der Waals surface area contributed by atoms with E-state index in [1.165, 1.54) is 31.2 Å². The van der Waals surface area contributed by atoms with Crippen molar-refractivity contribution in [1.82, 2.24) is 5.32 Å². The van der Waals surface area contributed by atoms with Gasteiger partial charge in [0.05, 0.1) is 0 Å². The molecule has 19 heavy (non-hydrogen) atoms. The lowest BCUT2D eigenvalue weighted by Crippen LogP contribution is -2.37. The van der Waals surface area contributed by atoms with Crippen molar-refractivity contribution in [3.8, 4) is 0 Å². The van der Waals surface area contributed by atoms with Gasteiger partial charge in [-0.25, -0.2) is 0 Å². The van der Waals surface area contributed by atoms with Crippen molar-refractivity contribution < 1.29 is 0 Å². The fraction of sp³-hybridized carbons (Fsp3) is 0.647. The Labute approximate surface area is 122 Å². The molecule has 0 aliphatic heterocycles. The minimum absolute atomic E-state index is 0.384. The van der Waals surface area contributed by atoms with Crippen LogP contribution in [0.4, 0.5) is 0 Å². The summed E-state index contributed by atoms with van der Waals surface area (Å²) in [4.78, 5) is 0. The quantitative estimate of drug-likeness (QED) is 0.798. The Morgan fingerprint density at radius 3 is 2.68 bits per heavy atom. The summed E-state index contributed by atoms with van der Waals surface area (Å²) in [6, 6.07) is 9.25. The highest BCUT2D eigenvalue weighted by Gasteiger charge is 2.25. The molecule has 2 rings (SSSR count). The summed E-state index contributed by atoms with van der Waals surface area (Å²) in [6.07, 6.45) is 5.40. The number of benzene rings is 1. The Balaban J connectivity index is 1.93. The van der Waals surface area contributed by atoms with E-state index in [1.807, 2.05) is 12.1 Å². The van der Waals surface area contributed by atoms with Crippen molar-refractivity contribution in [3.05, 3.63) is 34.9 Å². The van der Waals surface area contributed by atoms with E-state index < -0.39 is 0 Å². The van der Waals surface area contributed by atoms with Gasteiger partial charge in [-0.15, -0.1) is 0 Å². The summed E-state index contributed by atoms with van der Waals surface area (Å²) in [6.45, 7) is 6.95. The normalized spacial score (nSPS) is 25.5. The van der Waals surface area contributed by atoms with E-state index in [0.29, 0.717) is 12.1 Å². The number of hydrogen-bond acceptors (Lipinski definition) is 1. The van der Waals surface area contributed by atoms with Crippen LogP contribution < -0.4 is 5.32 Å². The van der Waals surface area contributed by atoms with Gasteiger partial charge in [-0.2, -0.15) is 0 Å². The van der Waals surface area contributed by atoms with Crippen molar-refractivity contribution in [2.75, 3.05) is 0 Å². The zero-order valence-electron chi connectivity index (χ0n) is 12.3. The molecule has 1 aromatic carbocycles. The minimum Gasteiger partial charge on any atom is -0.307 e. The minimum atomic E-state index is 0.384. The molecule has 3 unspecified atom stereocenters. The molecule has 0 aromatic heterocycles. The van der Waals surface area contributed by atoms with Gasteiger partial charge in [-0.05, 0) is 49.3 Å². The average Bonchev–Trinajstić information content (AvgIpc) is 2.39. The van der Waals surface area contributed by atoms with Crippen LogP contribution in [-0.4, -0.2) is 6.04 Å². The molecule has 1 N–H and O–H groups in total. The fourth-order valence-corrected chi connectivity index (χ4v) is 3.41. The van der Waals surface area contributed by atoms with Crippen LogP contribution >= 0.6 is 11.6 Å². The predicted molar refractivity (Wildman–Crippen MR) is 83.6 cm³/mol. The Bertz CT molecular complexity index is 402. The van der Waals surface area contributed by atoms with Gasteiger partial charge in [0, 0.05) is 17.1 Å².